The van der Waals surface area contributed by atoms with Gasteiger partial charge in [-0.15, -0.1) is 0 Å². The van der Waals surface area contributed by atoms with Gasteiger partial charge in [-0.2, -0.15) is 13.2 Å². The van der Waals surface area contributed by atoms with Crippen molar-refractivity contribution in [2.24, 2.45) is 5.92 Å². The van der Waals surface area contributed by atoms with E-state index in [1.807, 2.05) is 13.8 Å². The molecular formula is C13H17F3N2. The van der Waals surface area contributed by atoms with Gasteiger partial charge in [-0.3, -0.25) is 4.98 Å². The van der Waals surface area contributed by atoms with Crippen LogP contribution in [0.3, 0.4) is 0 Å². The van der Waals surface area contributed by atoms with Crippen molar-refractivity contribution in [1.29, 1.82) is 0 Å². The van der Waals surface area contributed by atoms with Gasteiger partial charge in [-0.1, -0.05) is 13.8 Å². The van der Waals surface area contributed by atoms with E-state index in [4.69, 9.17) is 0 Å². The SMILES string of the molecule is CC(C)C1(c2cnccc2C(F)(F)F)CCCN1. The summed E-state index contributed by atoms with van der Waals surface area (Å²) >= 11 is 0. The molecule has 2 nitrogen and oxygen atoms in total. The minimum atomic E-state index is -4.33. The second-order valence-electron chi connectivity index (χ2n) is 5.08. The Bertz CT molecular complexity index is 420. The molecule has 1 fully saturated rings. The van der Waals surface area contributed by atoms with Crippen molar-refractivity contribution in [3.8, 4) is 0 Å². The summed E-state index contributed by atoms with van der Waals surface area (Å²) in [7, 11) is 0. The molecule has 1 saturated heterocycles. The molecule has 2 heterocycles. The number of nitrogens with one attached hydrogen (secondary N) is 1. The minimum Gasteiger partial charge on any atom is -0.307 e. The Labute approximate surface area is 105 Å². The molecule has 0 amide bonds. The molecular weight excluding hydrogens is 241 g/mol. The maximum Gasteiger partial charge on any atom is 0.416 e. The lowest BCUT2D eigenvalue weighted by Gasteiger charge is -2.36. The quantitative estimate of drug-likeness (QED) is 0.880. The van der Waals surface area contributed by atoms with Crippen molar-refractivity contribution in [1.82, 2.24) is 10.3 Å². The first-order chi connectivity index (χ1) is 8.38. The van der Waals surface area contributed by atoms with E-state index in [0.29, 0.717) is 0 Å². The Morgan fingerprint density at radius 1 is 1.39 bits per heavy atom. The van der Waals surface area contributed by atoms with Gasteiger partial charge in [-0.05, 0) is 31.4 Å². The van der Waals surface area contributed by atoms with Crippen molar-refractivity contribution in [3.05, 3.63) is 29.6 Å². The van der Waals surface area contributed by atoms with E-state index >= 15 is 0 Å². The van der Waals surface area contributed by atoms with E-state index in [-0.39, 0.29) is 11.5 Å². The van der Waals surface area contributed by atoms with Gasteiger partial charge in [0.15, 0.2) is 0 Å². The van der Waals surface area contributed by atoms with Crippen LogP contribution < -0.4 is 5.32 Å². The lowest BCUT2D eigenvalue weighted by molar-refractivity contribution is -0.139. The highest BCUT2D eigenvalue weighted by atomic mass is 19.4. The molecule has 1 N–H and O–H groups in total. The van der Waals surface area contributed by atoms with Crippen molar-refractivity contribution >= 4 is 0 Å². The molecule has 2 rings (SSSR count). The first kappa shape index (κ1) is 13.3. The maximum atomic E-state index is 13.1. The molecule has 0 aromatic carbocycles. The molecule has 0 spiro atoms. The van der Waals surface area contributed by atoms with Crippen LogP contribution in [0.25, 0.3) is 0 Å². The fourth-order valence-electron chi connectivity index (χ4n) is 2.80. The molecule has 1 aromatic heterocycles. The zero-order valence-electron chi connectivity index (χ0n) is 10.5. The highest BCUT2D eigenvalue weighted by Gasteiger charge is 2.45. The fourth-order valence-corrected chi connectivity index (χ4v) is 2.80. The second-order valence-corrected chi connectivity index (χ2v) is 5.08. The summed E-state index contributed by atoms with van der Waals surface area (Å²) in [6.45, 7) is 4.65. The first-order valence-corrected chi connectivity index (χ1v) is 6.14. The normalized spacial score (nSPS) is 24.8. The van der Waals surface area contributed by atoms with Crippen molar-refractivity contribution in [3.63, 3.8) is 0 Å². The van der Waals surface area contributed by atoms with Gasteiger partial charge in [0.05, 0.1) is 5.56 Å². The van der Waals surface area contributed by atoms with Crippen LogP contribution in [0.4, 0.5) is 13.2 Å². The minimum absolute atomic E-state index is 0.0882. The van der Waals surface area contributed by atoms with Crippen LogP contribution in [-0.4, -0.2) is 11.5 Å². The lowest BCUT2D eigenvalue weighted by atomic mass is 9.77. The van der Waals surface area contributed by atoms with E-state index < -0.39 is 17.3 Å². The topological polar surface area (TPSA) is 24.9 Å². The number of hydrogen-bond acceptors (Lipinski definition) is 2. The van der Waals surface area contributed by atoms with Gasteiger partial charge < -0.3 is 5.32 Å². The molecule has 0 saturated carbocycles. The lowest BCUT2D eigenvalue weighted by Crippen LogP contribution is -2.43. The van der Waals surface area contributed by atoms with Gasteiger partial charge in [-0.25, -0.2) is 0 Å². The zero-order chi connectivity index (χ0) is 13.4. The van der Waals surface area contributed by atoms with Gasteiger partial charge in [0.2, 0.25) is 0 Å². The molecule has 1 unspecified atom stereocenters. The predicted octanol–water partition coefficient (Wildman–Crippen LogP) is 3.34. The number of aromatic nitrogens is 1. The van der Waals surface area contributed by atoms with Gasteiger partial charge >= 0.3 is 6.18 Å². The third-order valence-electron chi connectivity index (χ3n) is 3.78. The average Bonchev–Trinajstić information content (AvgIpc) is 2.78. The Hall–Kier alpha value is -1.10. The number of alkyl halides is 3. The third kappa shape index (κ3) is 2.11. The van der Waals surface area contributed by atoms with E-state index in [9.17, 15) is 13.2 Å². The van der Waals surface area contributed by atoms with Crippen molar-refractivity contribution in [2.45, 2.75) is 38.4 Å². The Balaban J connectivity index is 2.56. The Morgan fingerprint density at radius 3 is 2.61 bits per heavy atom. The molecule has 0 aliphatic carbocycles. The monoisotopic (exact) mass is 258 g/mol. The van der Waals surface area contributed by atoms with E-state index in [2.05, 4.69) is 10.3 Å². The molecule has 100 valence electrons. The van der Waals surface area contributed by atoms with Crippen LogP contribution in [0.15, 0.2) is 18.5 Å². The van der Waals surface area contributed by atoms with Crippen molar-refractivity contribution < 1.29 is 13.2 Å². The van der Waals surface area contributed by atoms with E-state index in [1.54, 1.807) is 0 Å². The maximum absolute atomic E-state index is 13.1. The van der Waals surface area contributed by atoms with E-state index in [0.717, 1.165) is 25.5 Å². The highest BCUT2D eigenvalue weighted by molar-refractivity contribution is 5.34. The summed E-state index contributed by atoms with van der Waals surface area (Å²) in [6.07, 6.45) is -0.148. The molecule has 1 aliphatic rings. The molecule has 1 aliphatic heterocycles. The molecule has 5 heteroatoms. The van der Waals surface area contributed by atoms with Gasteiger partial charge in [0, 0.05) is 23.5 Å². The number of rotatable bonds is 2. The Kier molecular flexibility index (Phi) is 3.36. The summed E-state index contributed by atoms with van der Waals surface area (Å²) in [4.78, 5) is 3.89. The van der Waals surface area contributed by atoms with Crippen LogP contribution >= 0.6 is 0 Å². The largest absolute Gasteiger partial charge is 0.416 e. The number of pyridine rings is 1. The smallest absolute Gasteiger partial charge is 0.307 e. The predicted molar refractivity (Wildman–Crippen MR) is 63.0 cm³/mol. The molecule has 0 bridgehead atoms. The summed E-state index contributed by atoms with van der Waals surface area (Å²) in [5.41, 5.74) is -0.885. The number of hydrogen-bond donors (Lipinski definition) is 1. The molecule has 1 atom stereocenters. The molecule has 18 heavy (non-hydrogen) atoms. The second kappa shape index (κ2) is 4.53. The van der Waals surface area contributed by atoms with Crippen LogP contribution in [0, 0.1) is 5.92 Å². The van der Waals surface area contributed by atoms with Crippen LogP contribution in [-0.2, 0) is 11.7 Å². The van der Waals surface area contributed by atoms with Crippen LogP contribution in [0.1, 0.15) is 37.8 Å². The van der Waals surface area contributed by atoms with Gasteiger partial charge in [0.25, 0.3) is 0 Å². The summed E-state index contributed by atoms with van der Waals surface area (Å²) in [6, 6.07) is 1.07. The average molecular weight is 258 g/mol. The van der Waals surface area contributed by atoms with Gasteiger partial charge in [0.1, 0.15) is 0 Å². The number of nitrogens with zero attached hydrogens (tertiary/aromatic N) is 1. The first-order valence-electron chi connectivity index (χ1n) is 6.14. The molecule has 1 aromatic rings. The van der Waals surface area contributed by atoms with Crippen molar-refractivity contribution in [2.75, 3.05) is 6.54 Å². The molecule has 0 radical (unpaired) electrons. The zero-order valence-corrected chi connectivity index (χ0v) is 10.5. The van der Waals surface area contributed by atoms with E-state index in [1.165, 1.54) is 12.4 Å². The highest BCUT2D eigenvalue weighted by Crippen LogP contribution is 2.43. The summed E-state index contributed by atoms with van der Waals surface area (Å²) in [5.74, 6) is 0.0882. The number of halogens is 3. The van der Waals surface area contributed by atoms with Crippen LogP contribution in [0.2, 0.25) is 0 Å². The standard InChI is InChI=1S/C13H17F3N2/c1-9(2)12(5-3-6-18-12)11-8-17-7-4-10(11)13(14,15)16/h4,7-9,18H,3,5-6H2,1-2H3. The third-order valence-corrected chi connectivity index (χ3v) is 3.78. The fraction of sp³-hybridized carbons (Fsp3) is 0.615. The summed E-state index contributed by atoms with van der Waals surface area (Å²) in [5, 5.41) is 3.26. The Morgan fingerprint density at radius 2 is 2.11 bits per heavy atom. The van der Waals surface area contributed by atoms with Crippen LogP contribution in [0.5, 0.6) is 0 Å². The summed E-state index contributed by atoms with van der Waals surface area (Å²) < 4.78 is 39.2.